The summed E-state index contributed by atoms with van der Waals surface area (Å²) in [5, 5.41) is 10.3. The molecule has 5 rings (SSSR count). The summed E-state index contributed by atoms with van der Waals surface area (Å²) in [7, 11) is 3.19. The highest BCUT2D eigenvalue weighted by Crippen LogP contribution is 2.75. The van der Waals surface area contributed by atoms with Crippen molar-refractivity contribution in [2.24, 2.45) is 50.2 Å². The number of aliphatic carboxylic acids is 1. The number of hydrogen-bond acceptors (Lipinski definition) is 11. The Bertz CT molecular complexity index is 1450. The summed E-state index contributed by atoms with van der Waals surface area (Å²) in [6.07, 6.45) is 9.39. The third kappa shape index (κ3) is 8.38. The highest BCUT2D eigenvalue weighted by Gasteiger charge is 2.70. The summed E-state index contributed by atoms with van der Waals surface area (Å²) < 4.78 is 32.1. The van der Waals surface area contributed by atoms with E-state index in [0.29, 0.717) is 45.7 Å². The maximum absolute atomic E-state index is 14.9. The summed E-state index contributed by atoms with van der Waals surface area (Å²) >= 11 is 0. The van der Waals surface area contributed by atoms with Crippen molar-refractivity contribution < 1.29 is 52.7 Å². The minimum absolute atomic E-state index is 0.00916. The molecule has 5 aliphatic rings. The van der Waals surface area contributed by atoms with E-state index in [-0.39, 0.29) is 96.2 Å². The van der Waals surface area contributed by atoms with Gasteiger partial charge in [-0.3, -0.25) is 24.1 Å². The second-order valence-electron chi connectivity index (χ2n) is 19.5. The molecule has 4 fully saturated rings. The second-order valence-corrected chi connectivity index (χ2v) is 19.5. The van der Waals surface area contributed by atoms with Gasteiger partial charge >= 0.3 is 17.9 Å². The molecule has 0 aromatic rings. The molecular weight excluding hydrogens is 718 g/mol. The Morgan fingerprint density at radius 3 is 1.84 bits per heavy atom. The van der Waals surface area contributed by atoms with Crippen LogP contribution in [-0.4, -0.2) is 120 Å². The quantitative estimate of drug-likeness (QED) is 0.126. The van der Waals surface area contributed by atoms with Crippen LogP contribution in [0.5, 0.6) is 0 Å². The molecule has 12 nitrogen and oxygen atoms in total. The number of allylic oxidation sites excluding steroid dienone is 2. The van der Waals surface area contributed by atoms with Crippen LogP contribution in [0.25, 0.3) is 0 Å². The SMILES string of the molecule is COCCOCCOC(=O)CN(CC(=O)OCCOCCOC)[C@H]1CC[C@]2(C)[C@H]3C(=O)C=C4[C@@H]5C[C@@](C)(C(=O)O)CC[C@]5(C)CC[C@@]4(C)[C@]3(C)CC[C@H]2C1(C)C. The van der Waals surface area contributed by atoms with Crippen molar-refractivity contribution in [1.29, 1.82) is 0 Å². The van der Waals surface area contributed by atoms with Crippen LogP contribution in [0.15, 0.2) is 11.6 Å². The first kappa shape index (κ1) is 44.7. The summed E-state index contributed by atoms with van der Waals surface area (Å²) in [5.74, 6) is -1.39. The highest BCUT2D eigenvalue weighted by molar-refractivity contribution is 5.95. The van der Waals surface area contributed by atoms with Gasteiger partial charge in [0.25, 0.3) is 0 Å². The van der Waals surface area contributed by atoms with E-state index in [1.165, 1.54) is 5.57 Å². The maximum Gasteiger partial charge on any atom is 0.320 e. The molecule has 12 heteroatoms. The number of methoxy groups -OCH3 is 2. The number of fused-ring (bicyclic) bond motifs is 7. The van der Waals surface area contributed by atoms with Gasteiger partial charge in [-0.25, -0.2) is 0 Å². The van der Waals surface area contributed by atoms with Gasteiger partial charge in [-0.1, -0.05) is 47.1 Å². The van der Waals surface area contributed by atoms with E-state index in [2.05, 4.69) is 41.5 Å². The Hall–Kier alpha value is -2.38. The first-order chi connectivity index (χ1) is 26.3. The number of carbonyl (C=O) groups is 4. The molecule has 0 spiro atoms. The highest BCUT2D eigenvalue weighted by atomic mass is 16.6. The van der Waals surface area contributed by atoms with Crippen molar-refractivity contribution in [3.8, 4) is 0 Å². The number of nitrogens with zero attached hydrogens (tertiary/aromatic N) is 1. The fourth-order valence-electron chi connectivity index (χ4n) is 12.6. The van der Waals surface area contributed by atoms with Crippen LogP contribution in [0.4, 0.5) is 0 Å². The van der Waals surface area contributed by atoms with Crippen LogP contribution in [-0.2, 0) is 47.6 Å². The first-order valence-corrected chi connectivity index (χ1v) is 21.0. The zero-order valence-corrected chi connectivity index (χ0v) is 35.8. The molecule has 0 amide bonds. The van der Waals surface area contributed by atoms with E-state index in [0.717, 1.165) is 38.5 Å². The van der Waals surface area contributed by atoms with Crippen molar-refractivity contribution in [2.75, 3.05) is 80.2 Å². The first-order valence-electron chi connectivity index (χ1n) is 21.0. The Kier molecular flexibility index (Phi) is 13.9. The molecule has 0 saturated heterocycles. The zero-order chi connectivity index (χ0) is 41.2. The number of hydrogen-bond donors (Lipinski definition) is 1. The summed E-state index contributed by atoms with van der Waals surface area (Å²) in [4.78, 5) is 56.0. The number of carboxylic acid groups (broad SMARTS) is 1. The van der Waals surface area contributed by atoms with E-state index >= 15 is 0 Å². The van der Waals surface area contributed by atoms with Crippen molar-refractivity contribution in [1.82, 2.24) is 4.90 Å². The third-order valence-electron chi connectivity index (χ3n) is 16.0. The largest absolute Gasteiger partial charge is 0.481 e. The molecular formula is C44H71NO11. The predicted molar refractivity (Wildman–Crippen MR) is 210 cm³/mol. The van der Waals surface area contributed by atoms with Gasteiger partial charge in [-0.2, -0.15) is 0 Å². The molecule has 0 radical (unpaired) electrons. The fraction of sp³-hybridized carbons (Fsp3) is 0.864. The minimum atomic E-state index is -0.795. The molecule has 0 heterocycles. The lowest BCUT2D eigenvalue weighted by molar-refractivity contribution is -0.197. The van der Waals surface area contributed by atoms with E-state index in [4.69, 9.17) is 28.4 Å². The Labute approximate surface area is 335 Å². The average Bonchev–Trinajstić information content (AvgIpc) is 3.12. The molecule has 318 valence electrons. The van der Waals surface area contributed by atoms with E-state index in [9.17, 15) is 24.3 Å². The van der Waals surface area contributed by atoms with Gasteiger partial charge in [0.05, 0.1) is 58.1 Å². The van der Waals surface area contributed by atoms with Crippen molar-refractivity contribution in [3.05, 3.63) is 11.6 Å². The van der Waals surface area contributed by atoms with E-state index in [1.54, 1.807) is 14.2 Å². The molecule has 0 aliphatic heterocycles. The number of esters is 2. The summed E-state index contributed by atoms with van der Waals surface area (Å²) in [5.41, 5.74) is -0.796. The van der Waals surface area contributed by atoms with Crippen LogP contribution < -0.4 is 0 Å². The molecule has 1 N–H and O–H groups in total. The molecule has 56 heavy (non-hydrogen) atoms. The standard InChI is InChI=1S/C44H71NO11/c1-39(2)33-10-13-44(7)37(32(46)26-30-31-27-41(4,38(49)50)15-14-40(31,3)16-17-43(30,44)6)42(33,5)12-11-34(39)45(28-35(47)55-24-22-53-20-18-51-8)29-36(48)56-25-23-54-21-19-52-9/h26,31,33-34,37H,10-25,27-29H2,1-9H3,(H,49,50)/t31-,33-,34-,37+,40+,41-,42-,43+,44+/m0/s1. The molecule has 0 aromatic carbocycles. The van der Waals surface area contributed by atoms with Gasteiger partial charge in [0.15, 0.2) is 5.78 Å². The molecule has 0 bridgehead atoms. The van der Waals surface area contributed by atoms with Crippen LogP contribution in [0.1, 0.15) is 106 Å². The van der Waals surface area contributed by atoms with Crippen molar-refractivity contribution in [3.63, 3.8) is 0 Å². The molecule has 0 aromatic heterocycles. The van der Waals surface area contributed by atoms with Crippen LogP contribution in [0, 0.1) is 50.2 Å². The van der Waals surface area contributed by atoms with Gasteiger partial charge in [-0.05, 0) is 110 Å². The Balaban J connectivity index is 1.38. The smallest absolute Gasteiger partial charge is 0.320 e. The van der Waals surface area contributed by atoms with Gasteiger partial charge < -0.3 is 33.5 Å². The molecule has 0 unspecified atom stereocenters. The van der Waals surface area contributed by atoms with Crippen molar-refractivity contribution >= 4 is 23.7 Å². The predicted octanol–water partition coefficient (Wildman–Crippen LogP) is 6.13. The number of rotatable bonds is 18. The Morgan fingerprint density at radius 1 is 0.732 bits per heavy atom. The Morgan fingerprint density at radius 2 is 1.29 bits per heavy atom. The number of ketones is 1. The number of carboxylic acids is 1. The number of carbonyl (C=O) groups excluding carboxylic acids is 3. The average molecular weight is 790 g/mol. The summed E-state index contributed by atoms with van der Waals surface area (Å²) in [6, 6.07) is -0.146. The molecule has 4 saturated carbocycles. The monoisotopic (exact) mass is 790 g/mol. The van der Waals surface area contributed by atoms with Crippen LogP contribution in [0.3, 0.4) is 0 Å². The second kappa shape index (κ2) is 17.5. The van der Waals surface area contributed by atoms with Crippen molar-refractivity contribution in [2.45, 2.75) is 112 Å². The van der Waals surface area contributed by atoms with Gasteiger partial charge in [-0.15, -0.1) is 0 Å². The lowest BCUT2D eigenvalue weighted by atomic mass is 9.33. The van der Waals surface area contributed by atoms with Gasteiger partial charge in [0.2, 0.25) is 0 Å². The lowest BCUT2D eigenvalue weighted by Crippen LogP contribution is -2.68. The topological polar surface area (TPSA) is 147 Å². The van der Waals surface area contributed by atoms with Gasteiger partial charge in [0, 0.05) is 26.2 Å². The van der Waals surface area contributed by atoms with Crippen LogP contribution in [0.2, 0.25) is 0 Å². The summed E-state index contributed by atoms with van der Waals surface area (Å²) in [6.45, 7) is 18.0. The van der Waals surface area contributed by atoms with E-state index < -0.39 is 23.3 Å². The molecule has 9 atom stereocenters. The minimum Gasteiger partial charge on any atom is -0.481 e. The normalized spacial score (nSPS) is 37.4. The van der Waals surface area contributed by atoms with Gasteiger partial charge in [0.1, 0.15) is 13.2 Å². The maximum atomic E-state index is 14.9. The fourth-order valence-corrected chi connectivity index (χ4v) is 12.6. The number of ether oxygens (including phenoxy) is 6. The molecule has 5 aliphatic carbocycles. The van der Waals surface area contributed by atoms with Crippen LogP contribution >= 0.6 is 0 Å². The lowest BCUT2D eigenvalue weighted by Gasteiger charge is -2.71. The van der Waals surface area contributed by atoms with E-state index in [1.807, 2.05) is 17.9 Å². The third-order valence-corrected chi connectivity index (χ3v) is 16.0. The zero-order valence-electron chi connectivity index (χ0n) is 35.8.